The normalized spacial score (nSPS) is 12.6. The number of para-hydroxylation sites is 1. The number of aryl methyl sites for hydroxylation is 1. The zero-order valence-electron chi connectivity index (χ0n) is 12.1. The number of benzene rings is 1. The highest BCUT2D eigenvalue weighted by molar-refractivity contribution is 5.34. The maximum Gasteiger partial charge on any atom is 0.123 e. The number of rotatable bonds is 3. The van der Waals surface area contributed by atoms with Crippen LogP contribution in [0.3, 0.4) is 0 Å². The monoisotopic (exact) mass is 234 g/mol. The minimum atomic E-state index is -0.127. The average Bonchev–Trinajstić information content (AvgIpc) is 2.12. The molecule has 0 heterocycles. The van der Waals surface area contributed by atoms with Crippen molar-refractivity contribution in [2.45, 2.75) is 60.0 Å². The van der Waals surface area contributed by atoms with Gasteiger partial charge in [-0.15, -0.1) is 0 Å². The summed E-state index contributed by atoms with van der Waals surface area (Å²) in [6, 6.07) is 8.38. The van der Waals surface area contributed by atoms with Gasteiger partial charge >= 0.3 is 0 Å². The Kier molecular flexibility index (Phi) is 4.24. The van der Waals surface area contributed by atoms with Crippen LogP contribution in [0.25, 0.3) is 0 Å². The first kappa shape index (κ1) is 14.1. The van der Waals surface area contributed by atoms with Gasteiger partial charge in [-0.1, -0.05) is 39.0 Å². The molecule has 1 aromatic rings. The van der Waals surface area contributed by atoms with Gasteiger partial charge in [0.2, 0.25) is 0 Å². The average molecular weight is 234 g/mol. The highest BCUT2D eigenvalue weighted by atomic mass is 16.5. The van der Waals surface area contributed by atoms with Gasteiger partial charge in [-0.25, -0.2) is 0 Å². The molecular formula is C16H26O. The Balaban J connectivity index is 2.78. The molecule has 0 atom stereocenters. The van der Waals surface area contributed by atoms with Crippen LogP contribution in [0.1, 0.15) is 53.5 Å². The summed E-state index contributed by atoms with van der Waals surface area (Å²) in [6.45, 7) is 13.1. The molecule has 0 bridgehead atoms. The van der Waals surface area contributed by atoms with Gasteiger partial charge in [0.1, 0.15) is 11.4 Å². The molecule has 0 aliphatic heterocycles. The minimum Gasteiger partial charge on any atom is -0.488 e. The Labute approximate surface area is 106 Å². The molecule has 1 heteroatoms. The Morgan fingerprint density at radius 3 is 2.06 bits per heavy atom. The van der Waals surface area contributed by atoms with E-state index in [0.29, 0.717) is 5.41 Å². The fourth-order valence-corrected chi connectivity index (χ4v) is 1.65. The molecule has 0 saturated carbocycles. The van der Waals surface area contributed by atoms with Gasteiger partial charge in [-0.05, 0) is 50.7 Å². The van der Waals surface area contributed by atoms with Crippen molar-refractivity contribution in [1.82, 2.24) is 0 Å². The third-order valence-electron chi connectivity index (χ3n) is 2.53. The van der Waals surface area contributed by atoms with Crippen molar-refractivity contribution < 1.29 is 4.74 Å². The quantitative estimate of drug-likeness (QED) is 0.727. The molecule has 0 amide bonds. The molecule has 17 heavy (non-hydrogen) atoms. The van der Waals surface area contributed by atoms with Crippen LogP contribution < -0.4 is 4.74 Å². The van der Waals surface area contributed by atoms with Crippen LogP contribution in [-0.4, -0.2) is 5.60 Å². The van der Waals surface area contributed by atoms with Crippen LogP contribution in [0.15, 0.2) is 24.3 Å². The first-order chi connectivity index (χ1) is 7.67. The largest absolute Gasteiger partial charge is 0.488 e. The van der Waals surface area contributed by atoms with E-state index < -0.39 is 0 Å². The zero-order chi connectivity index (χ0) is 13.1. The molecule has 1 aromatic carbocycles. The molecule has 0 saturated heterocycles. The lowest BCUT2D eigenvalue weighted by Crippen LogP contribution is -2.23. The van der Waals surface area contributed by atoms with Gasteiger partial charge in [0.25, 0.3) is 0 Å². The number of ether oxygens (including phenoxy) is 1. The van der Waals surface area contributed by atoms with Crippen LogP contribution in [-0.2, 0) is 6.42 Å². The third-order valence-corrected chi connectivity index (χ3v) is 2.53. The first-order valence-electron chi connectivity index (χ1n) is 6.44. The van der Waals surface area contributed by atoms with Crippen molar-refractivity contribution in [2.75, 3.05) is 0 Å². The summed E-state index contributed by atoms with van der Waals surface area (Å²) in [5.41, 5.74) is 1.56. The smallest absolute Gasteiger partial charge is 0.123 e. The summed E-state index contributed by atoms with van der Waals surface area (Å²) in [6.07, 6.45) is 2.26. The molecule has 1 nitrogen and oxygen atoms in total. The summed E-state index contributed by atoms with van der Waals surface area (Å²) in [4.78, 5) is 0. The molecule has 0 unspecified atom stereocenters. The maximum atomic E-state index is 6.00. The van der Waals surface area contributed by atoms with Crippen LogP contribution in [0.2, 0.25) is 0 Å². The molecule has 0 fully saturated rings. The predicted molar refractivity (Wildman–Crippen MR) is 74.6 cm³/mol. The van der Waals surface area contributed by atoms with E-state index in [-0.39, 0.29) is 5.60 Å². The van der Waals surface area contributed by atoms with Crippen LogP contribution in [0.5, 0.6) is 5.75 Å². The highest BCUT2D eigenvalue weighted by Gasteiger charge is 2.16. The van der Waals surface area contributed by atoms with E-state index in [9.17, 15) is 0 Å². The number of hydrogen-bond donors (Lipinski definition) is 0. The van der Waals surface area contributed by atoms with Crippen molar-refractivity contribution in [3.63, 3.8) is 0 Å². The summed E-state index contributed by atoms with van der Waals surface area (Å²) < 4.78 is 6.00. The Hall–Kier alpha value is -0.980. The molecule has 96 valence electrons. The van der Waals surface area contributed by atoms with Gasteiger partial charge in [-0.2, -0.15) is 0 Å². The van der Waals surface area contributed by atoms with Gasteiger partial charge in [0.15, 0.2) is 0 Å². The van der Waals surface area contributed by atoms with Gasteiger partial charge in [0, 0.05) is 0 Å². The highest BCUT2D eigenvalue weighted by Crippen LogP contribution is 2.28. The maximum absolute atomic E-state index is 6.00. The van der Waals surface area contributed by atoms with Gasteiger partial charge < -0.3 is 4.74 Å². The molecule has 1 rings (SSSR count). The molecule has 0 aliphatic carbocycles. The van der Waals surface area contributed by atoms with E-state index in [4.69, 9.17) is 4.74 Å². The summed E-state index contributed by atoms with van der Waals surface area (Å²) >= 11 is 0. The fraction of sp³-hybridized carbons (Fsp3) is 0.625. The molecule has 0 aromatic heterocycles. The van der Waals surface area contributed by atoms with E-state index >= 15 is 0 Å². The van der Waals surface area contributed by atoms with Crippen molar-refractivity contribution in [2.24, 2.45) is 5.41 Å². The zero-order valence-corrected chi connectivity index (χ0v) is 12.1. The topological polar surface area (TPSA) is 9.23 Å². The standard InChI is InChI=1S/C16H26O/c1-15(2,3)12-11-13-9-7-8-10-14(13)17-16(4,5)6/h7-10H,11-12H2,1-6H3. The van der Waals surface area contributed by atoms with E-state index in [0.717, 1.165) is 12.2 Å². The second-order valence-corrected chi connectivity index (χ2v) is 6.88. The van der Waals surface area contributed by atoms with Crippen LogP contribution in [0, 0.1) is 5.41 Å². The van der Waals surface area contributed by atoms with E-state index in [2.05, 4.69) is 59.7 Å². The van der Waals surface area contributed by atoms with Crippen molar-refractivity contribution in [3.8, 4) is 5.75 Å². The van der Waals surface area contributed by atoms with Crippen molar-refractivity contribution in [3.05, 3.63) is 29.8 Å². The molecule has 0 spiro atoms. The fourth-order valence-electron chi connectivity index (χ4n) is 1.65. The van der Waals surface area contributed by atoms with E-state index in [1.165, 1.54) is 12.0 Å². The predicted octanol–water partition coefficient (Wildman–Crippen LogP) is 4.84. The lowest BCUT2D eigenvalue weighted by Gasteiger charge is -2.24. The second-order valence-electron chi connectivity index (χ2n) is 6.88. The Morgan fingerprint density at radius 2 is 1.53 bits per heavy atom. The van der Waals surface area contributed by atoms with Crippen molar-refractivity contribution >= 4 is 0 Å². The van der Waals surface area contributed by atoms with Crippen molar-refractivity contribution in [1.29, 1.82) is 0 Å². The Bertz CT molecular complexity index is 353. The van der Waals surface area contributed by atoms with Crippen LogP contribution >= 0.6 is 0 Å². The molecular weight excluding hydrogens is 208 g/mol. The van der Waals surface area contributed by atoms with E-state index in [1.54, 1.807) is 0 Å². The lowest BCUT2D eigenvalue weighted by atomic mass is 9.88. The summed E-state index contributed by atoms with van der Waals surface area (Å²) in [5, 5.41) is 0. The van der Waals surface area contributed by atoms with Gasteiger partial charge in [-0.3, -0.25) is 0 Å². The lowest BCUT2D eigenvalue weighted by molar-refractivity contribution is 0.129. The minimum absolute atomic E-state index is 0.127. The molecule has 0 radical (unpaired) electrons. The summed E-state index contributed by atoms with van der Waals surface area (Å²) in [7, 11) is 0. The molecule has 0 N–H and O–H groups in total. The summed E-state index contributed by atoms with van der Waals surface area (Å²) in [5.74, 6) is 1.03. The van der Waals surface area contributed by atoms with E-state index in [1.807, 2.05) is 6.07 Å². The van der Waals surface area contributed by atoms with Crippen LogP contribution in [0.4, 0.5) is 0 Å². The molecule has 0 aliphatic rings. The SMILES string of the molecule is CC(C)(C)CCc1ccccc1OC(C)(C)C. The second kappa shape index (κ2) is 5.12. The number of hydrogen-bond acceptors (Lipinski definition) is 1. The van der Waals surface area contributed by atoms with Gasteiger partial charge in [0.05, 0.1) is 0 Å². The first-order valence-corrected chi connectivity index (χ1v) is 6.44. The Morgan fingerprint density at radius 1 is 0.941 bits per heavy atom. The third kappa shape index (κ3) is 5.76.